The topological polar surface area (TPSA) is 70.4 Å². The number of hydrogen-bond acceptors (Lipinski definition) is 5. The maximum atomic E-state index is 13.0. The highest BCUT2D eigenvalue weighted by Crippen LogP contribution is 2.40. The van der Waals surface area contributed by atoms with Crippen molar-refractivity contribution in [2.45, 2.75) is 18.1 Å². The smallest absolute Gasteiger partial charge is 0.419 e. The molecule has 25 heavy (non-hydrogen) atoms. The van der Waals surface area contributed by atoms with Gasteiger partial charge < -0.3 is 9.47 Å². The Kier molecular flexibility index (Phi) is 5.24. The summed E-state index contributed by atoms with van der Waals surface area (Å²) in [7, 11) is -2.31. The summed E-state index contributed by atoms with van der Waals surface area (Å²) in [6.07, 6.45) is -3.64. The summed E-state index contributed by atoms with van der Waals surface area (Å²) in [4.78, 5) is 0. The van der Waals surface area contributed by atoms with Crippen molar-refractivity contribution in [1.29, 1.82) is 0 Å². The summed E-state index contributed by atoms with van der Waals surface area (Å²) in [6, 6.07) is 2.91. The Morgan fingerprint density at radius 3 is 2.44 bits per heavy atom. The molecule has 0 amide bonds. The van der Waals surface area contributed by atoms with Gasteiger partial charge in [-0.1, -0.05) is 11.6 Å². The van der Waals surface area contributed by atoms with Gasteiger partial charge in [-0.15, -0.1) is 5.10 Å². The molecule has 0 fully saturated rings. The SMILES string of the molecule is CCOc1cc(Oc2nn(C)c(S(C)(=O)=O)c2Cl)ccc1C(F)(F)F. The molecule has 1 aromatic carbocycles. The molecule has 11 heteroatoms. The van der Waals surface area contributed by atoms with Crippen molar-refractivity contribution in [2.24, 2.45) is 7.05 Å². The van der Waals surface area contributed by atoms with E-state index >= 15 is 0 Å². The first-order valence-corrected chi connectivity index (χ1v) is 9.16. The average Bonchev–Trinajstić information content (AvgIpc) is 2.72. The second kappa shape index (κ2) is 6.75. The number of benzene rings is 1. The Morgan fingerprint density at radius 1 is 1.32 bits per heavy atom. The van der Waals surface area contributed by atoms with Crippen LogP contribution in [-0.4, -0.2) is 31.1 Å². The van der Waals surface area contributed by atoms with Gasteiger partial charge in [-0.2, -0.15) is 13.2 Å². The zero-order valence-corrected chi connectivity index (χ0v) is 15.0. The number of alkyl halides is 3. The van der Waals surface area contributed by atoms with Gasteiger partial charge >= 0.3 is 6.18 Å². The van der Waals surface area contributed by atoms with Crippen LogP contribution in [0.1, 0.15) is 12.5 Å². The molecule has 1 heterocycles. The summed E-state index contributed by atoms with van der Waals surface area (Å²) in [5.41, 5.74) is -0.953. The Hall–Kier alpha value is -1.94. The summed E-state index contributed by atoms with van der Waals surface area (Å²) >= 11 is 5.97. The molecule has 0 aliphatic heterocycles. The number of ether oxygens (including phenoxy) is 2. The number of hydrogen-bond donors (Lipinski definition) is 0. The summed E-state index contributed by atoms with van der Waals surface area (Å²) < 4.78 is 73.6. The van der Waals surface area contributed by atoms with Crippen molar-refractivity contribution in [1.82, 2.24) is 9.78 Å². The van der Waals surface area contributed by atoms with Gasteiger partial charge in [0.1, 0.15) is 16.5 Å². The Labute approximate surface area is 147 Å². The minimum Gasteiger partial charge on any atom is -0.493 e. The number of aryl methyl sites for hydroxylation is 1. The predicted octanol–water partition coefficient (Wildman–Crippen LogP) is 3.69. The van der Waals surface area contributed by atoms with Crippen molar-refractivity contribution in [3.63, 3.8) is 0 Å². The van der Waals surface area contributed by atoms with Gasteiger partial charge in [-0.25, -0.2) is 8.42 Å². The molecule has 138 valence electrons. The first-order chi connectivity index (χ1) is 11.4. The quantitative estimate of drug-likeness (QED) is 0.768. The minimum atomic E-state index is -4.59. The Balaban J connectivity index is 2.44. The highest BCUT2D eigenvalue weighted by molar-refractivity contribution is 7.90. The van der Waals surface area contributed by atoms with Crippen LogP contribution in [0.4, 0.5) is 13.2 Å². The van der Waals surface area contributed by atoms with Crippen molar-refractivity contribution >= 4 is 21.4 Å². The molecule has 2 rings (SSSR count). The number of aromatic nitrogens is 2. The van der Waals surface area contributed by atoms with Crippen molar-refractivity contribution in [2.75, 3.05) is 12.9 Å². The number of nitrogens with zero attached hydrogens (tertiary/aromatic N) is 2. The number of sulfone groups is 1. The van der Waals surface area contributed by atoms with E-state index in [-0.39, 0.29) is 28.3 Å². The summed E-state index contributed by atoms with van der Waals surface area (Å²) in [5.74, 6) is -0.689. The normalized spacial score (nSPS) is 12.3. The van der Waals surface area contributed by atoms with E-state index in [1.54, 1.807) is 6.92 Å². The van der Waals surface area contributed by atoms with Crippen LogP contribution in [0.15, 0.2) is 23.2 Å². The van der Waals surface area contributed by atoms with E-state index in [1.807, 2.05) is 0 Å². The van der Waals surface area contributed by atoms with Crippen molar-refractivity contribution in [3.05, 3.63) is 28.8 Å². The van der Waals surface area contributed by atoms with Crippen LogP contribution >= 0.6 is 11.6 Å². The third-order valence-electron chi connectivity index (χ3n) is 3.03. The largest absolute Gasteiger partial charge is 0.493 e. The van der Waals surface area contributed by atoms with Gasteiger partial charge in [0.05, 0.1) is 12.2 Å². The predicted molar refractivity (Wildman–Crippen MR) is 84.0 cm³/mol. The molecule has 0 saturated heterocycles. The summed E-state index contributed by atoms with van der Waals surface area (Å²) in [5, 5.41) is 3.31. The van der Waals surface area contributed by atoms with Gasteiger partial charge in [0.25, 0.3) is 5.88 Å². The molecule has 0 aliphatic carbocycles. The van der Waals surface area contributed by atoms with Crippen LogP contribution < -0.4 is 9.47 Å². The van der Waals surface area contributed by atoms with E-state index in [0.717, 1.165) is 29.1 Å². The van der Waals surface area contributed by atoms with Gasteiger partial charge in [-0.3, -0.25) is 4.68 Å². The summed E-state index contributed by atoms with van der Waals surface area (Å²) in [6.45, 7) is 1.57. The van der Waals surface area contributed by atoms with Crippen LogP contribution in [0.5, 0.6) is 17.4 Å². The third kappa shape index (κ3) is 4.18. The molecule has 0 bridgehead atoms. The molecular weight excluding hydrogens is 385 g/mol. The lowest BCUT2D eigenvalue weighted by Crippen LogP contribution is -2.08. The lowest BCUT2D eigenvalue weighted by molar-refractivity contribution is -0.138. The minimum absolute atomic E-state index is 0.0229. The third-order valence-corrected chi connectivity index (χ3v) is 4.66. The van der Waals surface area contributed by atoms with Gasteiger partial charge in [0, 0.05) is 19.4 Å². The van der Waals surface area contributed by atoms with Crippen LogP contribution in [0, 0.1) is 0 Å². The maximum absolute atomic E-state index is 13.0. The molecular formula is C14H14ClF3N2O4S. The fourth-order valence-corrected chi connectivity index (χ4v) is 3.67. The molecule has 1 aromatic heterocycles. The Bertz CT molecular complexity index is 894. The van der Waals surface area contributed by atoms with Crippen molar-refractivity contribution < 1.29 is 31.1 Å². The molecule has 0 N–H and O–H groups in total. The average molecular weight is 399 g/mol. The fourth-order valence-electron chi connectivity index (χ4n) is 2.11. The van der Waals surface area contributed by atoms with Crippen LogP contribution in [0.3, 0.4) is 0 Å². The lowest BCUT2D eigenvalue weighted by Gasteiger charge is -2.14. The first-order valence-electron chi connectivity index (χ1n) is 6.89. The molecule has 0 radical (unpaired) electrons. The van der Waals surface area contributed by atoms with E-state index in [0.29, 0.717) is 0 Å². The number of halogens is 4. The van der Waals surface area contributed by atoms with Crippen LogP contribution in [0.25, 0.3) is 0 Å². The van der Waals surface area contributed by atoms with Crippen LogP contribution in [-0.2, 0) is 23.1 Å². The van der Waals surface area contributed by atoms with Crippen LogP contribution in [0.2, 0.25) is 5.02 Å². The number of rotatable bonds is 5. The van der Waals surface area contributed by atoms with Crippen molar-refractivity contribution in [3.8, 4) is 17.4 Å². The standard InChI is InChI=1S/C14H14ClF3N2O4S/c1-4-23-10-7-8(5-6-9(10)14(16,17)18)24-12-11(15)13(20(2)19-12)25(3,21)22/h5-7H,4H2,1-3H3. The second-order valence-corrected chi connectivity index (χ2v) is 7.32. The van der Waals surface area contributed by atoms with E-state index in [4.69, 9.17) is 21.1 Å². The monoisotopic (exact) mass is 398 g/mol. The van der Waals surface area contributed by atoms with E-state index in [2.05, 4.69) is 5.10 Å². The maximum Gasteiger partial charge on any atom is 0.419 e. The fraction of sp³-hybridized carbons (Fsp3) is 0.357. The highest BCUT2D eigenvalue weighted by atomic mass is 35.5. The van der Waals surface area contributed by atoms with Gasteiger partial charge in [0.2, 0.25) is 0 Å². The second-order valence-electron chi connectivity index (χ2n) is 5.01. The molecule has 0 aliphatic rings. The molecule has 0 saturated carbocycles. The van der Waals surface area contributed by atoms with E-state index in [1.165, 1.54) is 7.05 Å². The van der Waals surface area contributed by atoms with E-state index < -0.39 is 27.3 Å². The molecule has 2 aromatic rings. The zero-order valence-electron chi connectivity index (χ0n) is 13.4. The Morgan fingerprint density at radius 2 is 1.96 bits per heavy atom. The van der Waals surface area contributed by atoms with Gasteiger partial charge in [0.15, 0.2) is 14.9 Å². The first kappa shape index (κ1) is 19.4. The molecule has 0 spiro atoms. The van der Waals surface area contributed by atoms with Gasteiger partial charge in [-0.05, 0) is 19.1 Å². The van der Waals surface area contributed by atoms with E-state index in [9.17, 15) is 21.6 Å². The highest BCUT2D eigenvalue weighted by Gasteiger charge is 2.34. The molecule has 6 nitrogen and oxygen atoms in total. The molecule has 0 atom stereocenters. The zero-order chi connectivity index (χ0) is 19.0. The lowest BCUT2D eigenvalue weighted by atomic mass is 10.2. The molecule has 0 unspecified atom stereocenters.